The van der Waals surface area contributed by atoms with Gasteiger partial charge in [-0.3, -0.25) is 9.78 Å². The number of rotatable bonds is 4. The van der Waals surface area contributed by atoms with Crippen LogP contribution in [-0.4, -0.2) is 58.3 Å². The average Bonchev–Trinajstić information content (AvgIpc) is 3.23. The van der Waals surface area contributed by atoms with E-state index >= 15 is 0 Å². The van der Waals surface area contributed by atoms with Crippen LogP contribution in [0.2, 0.25) is 0 Å². The van der Waals surface area contributed by atoms with Crippen molar-refractivity contribution in [3.8, 4) is 0 Å². The van der Waals surface area contributed by atoms with Crippen LogP contribution in [0.25, 0.3) is 0 Å². The largest absolute Gasteiger partial charge is 0.337 e. The molecule has 2 aromatic heterocycles. The van der Waals surface area contributed by atoms with E-state index in [1.54, 1.807) is 11.0 Å². The van der Waals surface area contributed by atoms with Gasteiger partial charge in [-0.05, 0) is 25.0 Å². The molecule has 26 heavy (non-hydrogen) atoms. The van der Waals surface area contributed by atoms with Gasteiger partial charge in [-0.1, -0.05) is 5.16 Å². The van der Waals surface area contributed by atoms with E-state index in [1.807, 2.05) is 0 Å². The molecule has 2 aliphatic rings. The van der Waals surface area contributed by atoms with E-state index in [-0.39, 0.29) is 22.8 Å². The third-order valence-corrected chi connectivity index (χ3v) is 6.70. The summed E-state index contributed by atoms with van der Waals surface area (Å²) < 4.78 is 31.7. The molecule has 0 saturated carbocycles. The molecule has 0 spiro atoms. The van der Waals surface area contributed by atoms with E-state index in [0.717, 1.165) is 12.8 Å². The number of likely N-dealkylation sites (tertiary alicyclic amines) is 1. The Bertz CT molecular complexity index is 908. The minimum Gasteiger partial charge on any atom is -0.337 e. The molecule has 0 aliphatic carbocycles. The molecule has 2 aliphatic heterocycles. The van der Waals surface area contributed by atoms with Gasteiger partial charge in [0.2, 0.25) is 21.8 Å². The Morgan fingerprint density at radius 2 is 2.15 bits per heavy atom. The quantitative estimate of drug-likeness (QED) is 0.780. The molecule has 1 amide bonds. The molecule has 0 aromatic carbocycles. The van der Waals surface area contributed by atoms with Gasteiger partial charge in [-0.15, -0.1) is 0 Å². The Balaban J connectivity index is 1.44. The highest BCUT2D eigenvalue weighted by molar-refractivity contribution is 7.89. The fourth-order valence-electron chi connectivity index (χ4n) is 3.40. The molecule has 4 rings (SSSR count). The van der Waals surface area contributed by atoms with E-state index in [4.69, 9.17) is 4.52 Å². The molecule has 2 saturated heterocycles. The van der Waals surface area contributed by atoms with Gasteiger partial charge in [0.25, 0.3) is 0 Å². The summed E-state index contributed by atoms with van der Waals surface area (Å²) in [5, 5.41) is 4.01. The molecular formula is C16H19N5O4S. The number of nitrogens with zero attached hydrogens (tertiary/aromatic N) is 5. The topological polar surface area (TPSA) is 110 Å². The maximum atomic E-state index is 12.5. The Kier molecular flexibility index (Phi) is 4.23. The van der Waals surface area contributed by atoms with Crippen molar-refractivity contribution in [1.82, 2.24) is 24.3 Å². The van der Waals surface area contributed by atoms with Gasteiger partial charge in [0.1, 0.15) is 10.9 Å². The minimum absolute atomic E-state index is 0.00960. The van der Waals surface area contributed by atoms with Crippen LogP contribution in [0, 0.1) is 0 Å². The van der Waals surface area contributed by atoms with Gasteiger partial charge >= 0.3 is 0 Å². The van der Waals surface area contributed by atoms with Crippen LogP contribution in [0.15, 0.2) is 33.9 Å². The lowest BCUT2D eigenvalue weighted by molar-refractivity contribution is -0.130. The van der Waals surface area contributed by atoms with Crippen molar-refractivity contribution in [3.05, 3.63) is 36.2 Å². The Morgan fingerprint density at radius 1 is 1.35 bits per heavy atom. The van der Waals surface area contributed by atoms with E-state index in [9.17, 15) is 13.2 Å². The van der Waals surface area contributed by atoms with E-state index < -0.39 is 10.0 Å². The fraction of sp³-hybridized carbons (Fsp3) is 0.500. The number of amides is 1. The smallest absolute Gasteiger partial charge is 0.249 e. The minimum atomic E-state index is -3.54. The molecule has 10 heteroatoms. The highest BCUT2D eigenvalue weighted by atomic mass is 32.2. The lowest BCUT2D eigenvalue weighted by Crippen LogP contribution is -2.48. The average molecular weight is 377 g/mol. The summed E-state index contributed by atoms with van der Waals surface area (Å²) >= 11 is 0. The van der Waals surface area contributed by atoms with Crippen molar-refractivity contribution in [1.29, 1.82) is 0 Å². The van der Waals surface area contributed by atoms with Crippen molar-refractivity contribution in [3.63, 3.8) is 0 Å². The maximum absolute atomic E-state index is 12.5. The van der Waals surface area contributed by atoms with Crippen LogP contribution < -0.4 is 0 Å². The van der Waals surface area contributed by atoms with E-state index in [1.165, 1.54) is 29.7 Å². The summed E-state index contributed by atoms with van der Waals surface area (Å²) in [5.41, 5.74) is 0. The standard InChI is InChI=1S/C16H19N5O4S/c1-11(22)21-7-3-5-14(21)16-18-15(19-25-16)12-9-20(10-12)26(23,24)13-4-2-6-17-8-13/h2,4,6,8,12,14H,3,5,7,9-10H2,1H3. The highest BCUT2D eigenvalue weighted by Crippen LogP contribution is 2.34. The second-order valence-electron chi connectivity index (χ2n) is 6.57. The SMILES string of the molecule is CC(=O)N1CCCC1c1nc(C2CN(S(=O)(=O)c3cccnc3)C2)no1. The van der Waals surface area contributed by atoms with Crippen molar-refractivity contribution < 1.29 is 17.7 Å². The summed E-state index contributed by atoms with van der Waals surface area (Å²) in [6.07, 6.45) is 4.58. The van der Waals surface area contributed by atoms with Crippen LogP contribution >= 0.6 is 0 Å². The van der Waals surface area contributed by atoms with Gasteiger partial charge in [0.15, 0.2) is 5.82 Å². The maximum Gasteiger partial charge on any atom is 0.249 e. The van der Waals surface area contributed by atoms with Gasteiger partial charge in [-0.2, -0.15) is 9.29 Å². The normalized spacial score (nSPS) is 21.7. The van der Waals surface area contributed by atoms with Crippen molar-refractivity contribution in [2.24, 2.45) is 0 Å². The molecule has 138 valence electrons. The molecule has 9 nitrogen and oxygen atoms in total. The summed E-state index contributed by atoms with van der Waals surface area (Å²) in [6, 6.07) is 2.94. The van der Waals surface area contributed by atoms with Crippen molar-refractivity contribution >= 4 is 15.9 Å². The first kappa shape index (κ1) is 17.1. The molecule has 1 unspecified atom stereocenters. The van der Waals surface area contributed by atoms with Crippen LogP contribution in [-0.2, 0) is 14.8 Å². The number of hydrogen-bond acceptors (Lipinski definition) is 7. The Morgan fingerprint density at radius 3 is 2.85 bits per heavy atom. The van der Waals surface area contributed by atoms with Gasteiger partial charge in [0, 0.05) is 39.0 Å². The summed E-state index contributed by atoms with van der Waals surface area (Å²) in [4.78, 5) is 21.9. The highest BCUT2D eigenvalue weighted by Gasteiger charge is 2.41. The predicted molar refractivity (Wildman–Crippen MR) is 89.4 cm³/mol. The third kappa shape index (κ3) is 2.88. The first-order chi connectivity index (χ1) is 12.5. The lowest BCUT2D eigenvalue weighted by atomic mass is 10.0. The summed E-state index contributed by atoms with van der Waals surface area (Å²) in [5.74, 6) is 0.810. The molecular weight excluding hydrogens is 358 g/mol. The first-order valence-corrected chi connectivity index (χ1v) is 9.91. The molecule has 1 atom stereocenters. The van der Waals surface area contributed by atoms with Crippen LogP contribution in [0.3, 0.4) is 0 Å². The van der Waals surface area contributed by atoms with Crippen LogP contribution in [0.1, 0.15) is 43.4 Å². The zero-order valence-electron chi connectivity index (χ0n) is 14.3. The molecule has 0 bridgehead atoms. The van der Waals surface area contributed by atoms with Gasteiger partial charge in [-0.25, -0.2) is 8.42 Å². The summed E-state index contributed by atoms with van der Waals surface area (Å²) in [7, 11) is -3.54. The van der Waals surface area contributed by atoms with E-state index in [0.29, 0.717) is 31.3 Å². The zero-order chi connectivity index (χ0) is 18.3. The monoisotopic (exact) mass is 377 g/mol. The number of aromatic nitrogens is 3. The number of hydrogen-bond donors (Lipinski definition) is 0. The zero-order valence-corrected chi connectivity index (χ0v) is 15.1. The number of sulfonamides is 1. The van der Waals surface area contributed by atoms with Gasteiger partial charge < -0.3 is 9.42 Å². The number of carbonyl (C=O) groups excluding carboxylic acids is 1. The van der Waals surface area contributed by atoms with Crippen molar-refractivity contribution in [2.75, 3.05) is 19.6 Å². The number of carbonyl (C=O) groups is 1. The molecule has 4 heterocycles. The number of pyridine rings is 1. The lowest BCUT2D eigenvalue weighted by Gasteiger charge is -2.36. The van der Waals surface area contributed by atoms with Gasteiger partial charge in [0.05, 0.1) is 5.92 Å². The Labute approximate surface area is 151 Å². The second kappa shape index (κ2) is 6.44. The fourth-order valence-corrected chi connectivity index (χ4v) is 4.89. The van der Waals surface area contributed by atoms with E-state index in [2.05, 4.69) is 15.1 Å². The predicted octanol–water partition coefficient (Wildman–Crippen LogP) is 0.936. The van der Waals surface area contributed by atoms with Crippen LogP contribution in [0.5, 0.6) is 0 Å². The summed E-state index contributed by atoms with van der Waals surface area (Å²) in [6.45, 7) is 2.83. The second-order valence-corrected chi connectivity index (χ2v) is 8.51. The molecule has 0 radical (unpaired) electrons. The third-order valence-electron chi connectivity index (χ3n) is 4.89. The van der Waals surface area contributed by atoms with Crippen LogP contribution in [0.4, 0.5) is 0 Å². The molecule has 2 fully saturated rings. The molecule has 2 aromatic rings. The Hall–Kier alpha value is -2.33. The first-order valence-electron chi connectivity index (χ1n) is 8.47. The van der Waals surface area contributed by atoms with Crippen molar-refractivity contribution in [2.45, 2.75) is 36.6 Å². The molecule has 0 N–H and O–H groups in total.